The van der Waals surface area contributed by atoms with E-state index in [0.29, 0.717) is 24.4 Å². The Kier molecular flexibility index (Phi) is 5.95. The van der Waals surface area contributed by atoms with Gasteiger partial charge in [-0.25, -0.2) is 0 Å². The molecule has 2 aliphatic heterocycles. The van der Waals surface area contributed by atoms with Gasteiger partial charge in [-0.3, -0.25) is 14.5 Å². The fourth-order valence-corrected chi connectivity index (χ4v) is 6.03. The van der Waals surface area contributed by atoms with Gasteiger partial charge in [-0.1, -0.05) is 37.3 Å². The standard InChI is InChI=1S/C24H35N3O2/c1-3-7-23(29)27-13-12-24(20-8-5-4-6-9-20)11-10-21(18-22(24)27)26-16-14-25(15-17-26)19(2)28/h4-6,8-9,21-22H,3,7,10-18H2,1-2H3. The Hall–Kier alpha value is -1.88. The number of carbonyl (C=O) groups excluding carboxylic acids is 2. The highest BCUT2D eigenvalue weighted by molar-refractivity contribution is 5.77. The second-order valence-electron chi connectivity index (χ2n) is 9.10. The predicted octanol–water partition coefficient (Wildman–Crippen LogP) is 3.04. The highest BCUT2D eigenvalue weighted by atomic mass is 16.2. The van der Waals surface area contributed by atoms with Gasteiger partial charge in [0.05, 0.1) is 0 Å². The number of carbonyl (C=O) groups is 2. The Labute approximate surface area is 175 Å². The minimum absolute atomic E-state index is 0.113. The Morgan fingerprint density at radius 3 is 2.41 bits per heavy atom. The van der Waals surface area contributed by atoms with E-state index in [-0.39, 0.29) is 11.3 Å². The number of amides is 2. The first-order valence-electron chi connectivity index (χ1n) is 11.4. The van der Waals surface area contributed by atoms with Gasteiger partial charge in [-0.05, 0) is 37.7 Å². The molecule has 3 atom stereocenters. The van der Waals surface area contributed by atoms with Crippen LogP contribution in [0.4, 0.5) is 0 Å². The van der Waals surface area contributed by atoms with Gasteiger partial charge in [-0.2, -0.15) is 0 Å². The zero-order chi connectivity index (χ0) is 20.4. The fourth-order valence-electron chi connectivity index (χ4n) is 6.03. The van der Waals surface area contributed by atoms with Crippen molar-refractivity contribution in [2.75, 3.05) is 32.7 Å². The average molecular weight is 398 g/mol. The van der Waals surface area contributed by atoms with Gasteiger partial charge in [0.1, 0.15) is 0 Å². The van der Waals surface area contributed by atoms with Crippen LogP contribution in [0.2, 0.25) is 0 Å². The number of likely N-dealkylation sites (tertiary alicyclic amines) is 1. The molecule has 3 unspecified atom stereocenters. The highest BCUT2D eigenvalue weighted by Crippen LogP contribution is 2.50. The van der Waals surface area contributed by atoms with Crippen molar-refractivity contribution >= 4 is 11.8 Å². The van der Waals surface area contributed by atoms with Crippen LogP contribution in [0.15, 0.2) is 30.3 Å². The van der Waals surface area contributed by atoms with Crippen LogP contribution in [-0.2, 0) is 15.0 Å². The third-order valence-corrected chi connectivity index (χ3v) is 7.64. The molecule has 0 N–H and O–H groups in total. The summed E-state index contributed by atoms with van der Waals surface area (Å²) in [6.45, 7) is 8.23. The Balaban J connectivity index is 1.54. The molecule has 0 aromatic heterocycles. The van der Waals surface area contributed by atoms with Crippen LogP contribution in [0.25, 0.3) is 0 Å². The van der Waals surface area contributed by atoms with Crippen LogP contribution in [0.1, 0.15) is 57.9 Å². The van der Waals surface area contributed by atoms with Crippen LogP contribution >= 0.6 is 0 Å². The van der Waals surface area contributed by atoms with Gasteiger partial charge < -0.3 is 9.80 Å². The van der Waals surface area contributed by atoms with E-state index in [1.807, 2.05) is 4.90 Å². The molecule has 5 heteroatoms. The molecule has 0 radical (unpaired) electrons. The number of nitrogens with zero attached hydrogens (tertiary/aromatic N) is 3. The molecule has 29 heavy (non-hydrogen) atoms. The first kappa shape index (κ1) is 20.4. The molecule has 2 saturated heterocycles. The van der Waals surface area contributed by atoms with E-state index in [9.17, 15) is 9.59 Å². The van der Waals surface area contributed by atoms with Crippen LogP contribution in [-0.4, -0.2) is 71.3 Å². The number of fused-ring (bicyclic) bond motifs is 1. The summed E-state index contributed by atoms with van der Waals surface area (Å²) in [5.74, 6) is 0.515. The van der Waals surface area contributed by atoms with Crippen molar-refractivity contribution in [3.8, 4) is 0 Å². The summed E-state index contributed by atoms with van der Waals surface area (Å²) in [6, 6.07) is 11.7. The summed E-state index contributed by atoms with van der Waals surface area (Å²) in [4.78, 5) is 31.4. The van der Waals surface area contributed by atoms with E-state index >= 15 is 0 Å². The number of piperazine rings is 1. The van der Waals surface area contributed by atoms with Crippen molar-refractivity contribution in [3.05, 3.63) is 35.9 Å². The van der Waals surface area contributed by atoms with E-state index in [0.717, 1.165) is 58.4 Å². The van der Waals surface area contributed by atoms with Crippen molar-refractivity contribution in [2.24, 2.45) is 0 Å². The first-order chi connectivity index (χ1) is 14.0. The van der Waals surface area contributed by atoms with E-state index in [1.54, 1.807) is 6.92 Å². The van der Waals surface area contributed by atoms with Gasteiger partial charge in [0.2, 0.25) is 11.8 Å². The Morgan fingerprint density at radius 1 is 1.03 bits per heavy atom. The zero-order valence-corrected chi connectivity index (χ0v) is 18.0. The minimum atomic E-state index is 0.113. The monoisotopic (exact) mass is 397 g/mol. The van der Waals surface area contributed by atoms with E-state index in [4.69, 9.17) is 0 Å². The lowest BCUT2D eigenvalue weighted by atomic mass is 9.64. The second-order valence-corrected chi connectivity index (χ2v) is 9.10. The van der Waals surface area contributed by atoms with Gasteiger partial charge in [-0.15, -0.1) is 0 Å². The molecule has 3 aliphatic rings. The van der Waals surface area contributed by atoms with Crippen molar-refractivity contribution in [2.45, 2.75) is 69.9 Å². The second kappa shape index (κ2) is 8.47. The molecular formula is C24H35N3O2. The Morgan fingerprint density at radius 2 is 1.76 bits per heavy atom. The molecule has 3 fully saturated rings. The van der Waals surface area contributed by atoms with Crippen molar-refractivity contribution in [3.63, 3.8) is 0 Å². The molecule has 5 nitrogen and oxygen atoms in total. The number of hydrogen-bond donors (Lipinski definition) is 0. The molecule has 2 heterocycles. The molecule has 158 valence electrons. The summed E-state index contributed by atoms with van der Waals surface area (Å²) in [7, 11) is 0. The van der Waals surface area contributed by atoms with Gasteiger partial charge in [0.25, 0.3) is 0 Å². The molecule has 0 bridgehead atoms. The quantitative estimate of drug-likeness (QED) is 0.784. The topological polar surface area (TPSA) is 43.9 Å². The number of benzene rings is 1. The molecule has 0 spiro atoms. The Bertz CT molecular complexity index is 729. The lowest BCUT2D eigenvalue weighted by molar-refractivity contribution is -0.134. The highest BCUT2D eigenvalue weighted by Gasteiger charge is 2.53. The summed E-state index contributed by atoms with van der Waals surface area (Å²) in [5, 5.41) is 0. The number of hydrogen-bond acceptors (Lipinski definition) is 3. The molecule has 2 amide bonds. The van der Waals surface area contributed by atoms with Crippen LogP contribution in [0.3, 0.4) is 0 Å². The first-order valence-corrected chi connectivity index (χ1v) is 11.4. The smallest absolute Gasteiger partial charge is 0.222 e. The third kappa shape index (κ3) is 3.81. The van der Waals surface area contributed by atoms with E-state index in [1.165, 1.54) is 12.0 Å². The molecular weight excluding hydrogens is 362 g/mol. The maximum atomic E-state index is 12.9. The molecule has 4 rings (SSSR count). The van der Waals surface area contributed by atoms with E-state index < -0.39 is 0 Å². The average Bonchev–Trinajstić information content (AvgIpc) is 3.14. The molecule has 1 aromatic rings. The van der Waals surface area contributed by atoms with Gasteiger partial charge in [0.15, 0.2) is 0 Å². The third-order valence-electron chi connectivity index (χ3n) is 7.64. The van der Waals surface area contributed by atoms with Crippen molar-refractivity contribution in [1.82, 2.24) is 14.7 Å². The fraction of sp³-hybridized carbons (Fsp3) is 0.667. The minimum Gasteiger partial charge on any atom is -0.340 e. The predicted molar refractivity (Wildman–Crippen MR) is 115 cm³/mol. The molecule has 1 aromatic carbocycles. The summed E-state index contributed by atoms with van der Waals surface area (Å²) in [5.41, 5.74) is 1.53. The van der Waals surface area contributed by atoms with Crippen LogP contribution in [0, 0.1) is 0 Å². The normalized spacial score (nSPS) is 30.3. The van der Waals surface area contributed by atoms with Crippen molar-refractivity contribution < 1.29 is 9.59 Å². The molecule has 1 saturated carbocycles. The lowest BCUT2D eigenvalue weighted by Crippen LogP contribution is -2.57. The SMILES string of the molecule is CCCC(=O)N1CCC2(c3ccccc3)CCC(N3CCN(C(C)=O)CC3)CC12. The summed E-state index contributed by atoms with van der Waals surface area (Å²) in [6.07, 6.45) is 6.04. The zero-order valence-electron chi connectivity index (χ0n) is 18.0. The van der Waals surface area contributed by atoms with Crippen LogP contribution in [0.5, 0.6) is 0 Å². The van der Waals surface area contributed by atoms with Gasteiger partial charge >= 0.3 is 0 Å². The maximum Gasteiger partial charge on any atom is 0.222 e. The van der Waals surface area contributed by atoms with Crippen molar-refractivity contribution in [1.29, 1.82) is 0 Å². The summed E-state index contributed by atoms with van der Waals surface area (Å²) >= 11 is 0. The largest absolute Gasteiger partial charge is 0.340 e. The van der Waals surface area contributed by atoms with E-state index in [2.05, 4.69) is 47.1 Å². The maximum absolute atomic E-state index is 12.9. The van der Waals surface area contributed by atoms with Crippen LogP contribution < -0.4 is 0 Å². The van der Waals surface area contributed by atoms with Gasteiger partial charge in [0, 0.05) is 63.6 Å². The number of rotatable bonds is 4. The lowest BCUT2D eigenvalue weighted by Gasteiger charge is -2.49. The molecule has 1 aliphatic carbocycles. The summed E-state index contributed by atoms with van der Waals surface area (Å²) < 4.78 is 0.